The second-order valence-corrected chi connectivity index (χ2v) is 8.44. The van der Waals surface area contributed by atoms with Gasteiger partial charge in [0, 0.05) is 51.8 Å². The first-order valence-corrected chi connectivity index (χ1v) is 11.3. The highest BCUT2D eigenvalue weighted by atomic mass is 35.5. The Morgan fingerprint density at radius 1 is 1.00 bits per heavy atom. The van der Waals surface area contributed by atoms with Gasteiger partial charge in [0.2, 0.25) is 11.8 Å². The van der Waals surface area contributed by atoms with Crippen molar-refractivity contribution in [2.24, 2.45) is 0 Å². The third kappa shape index (κ3) is 6.98. The minimum absolute atomic E-state index is 0.0944. The SMILES string of the molecule is O=C(C=Cc1ccc(Cl)c(Cl)c1)N1CCC(=O)N(CCCCN2CCOCC2)CC1. The number of rotatable bonds is 7. The number of amides is 2. The summed E-state index contributed by atoms with van der Waals surface area (Å²) in [6, 6.07) is 5.23. The molecule has 2 saturated heterocycles. The van der Waals surface area contributed by atoms with E-state index in [1.165, 1.54) is 6.08 Å². The summed E-state index contributed by atoms with van der Waals surface area (Å²) in [6.07, 6.45) is 5.67. The molecule has 8 heteroatoms. The lowest BCUT2D eigenvalue weighted by atomic mass is 10.2. The summed E-state index contributed by atoms with van der Waals surface area (Å²) >= 11 is 11.9. The number of nitrogens with zero attached hydrogens (tertiary/aromatic N) is 3. The number of benzene rings is 1. The first-order valence-electron chi connectivity index (χ1n) is 10.5. The van der Waals surface area contributed by atoms with Crippen LogP contribution in [0.5, 0.6) is 0 Å². The molecule has 0 bridgehead atoms. The van der Waals surface area contributed by atoms with E-state index in [1.54, 1.807) is 23.1 Å². The molecule has 0 aromatic heterocycles. The molecule has 2 amide bonds. The summed E-state index contributed by atoms with van der Waals surface area (Å²) < 4.78 is 5.37. The number of ether oxygens (including phenoxy) is 1. The molecule has 0 spiro atoms. The molecule has 2 aliphatic heterocycles. The third-order valence-electron chi connectivity index (χ3n) is 5.52. The standard InChI is InChI=1S/C22H29Cl2N3O3/c23-19-5-3-18(17-20(19)24)4-6-21(28)27-10-7-22(29)26(11-12-27)9-2-1-8-25-13-15-30-16-14-25/h3-6,17H,1-2,7-16H2. The molecule has 30 heavy (non-hydrogen) atoms. The molecule has 164 valence electrons. The maximum atomic E-state index is 12.6. The number of carbonyl (C=O) groups is 2. The highest BCUT2D eigenvalue weighted by Crippen LogP contribution is 2.23. The molecule has 0 aliphatic carbocycles. The second kappa shape index (κ2) is 11.7. The van der Waals surface area contributed by atoms with Gasteiger partial charge in [-0.3, -0.25) is 14.5 Å². The van der Waals surface area contributed by atoms with Crippen LogP contribution in [0.4, 0.5) is 0 Å². The van der Waals surface area contributed by atoms with Gasteiger partial charge < -0.3 is 14.5 Å². The van der Waals surface area contributed by atoms with Crippen molar-refractivity contribution in [3.05, 3.63) is 39.9 Å². The lowest BCUT2D eigenvalue weighted by Gasteiger charge is -2.27. The number of halogens is 2. The Morgan fingerprint density at radius 2 is 1.77 bits per heavy atom. The fourth-order valence-electron chi connectivity index (χ4n) is 3.68. The number of hydrogen-bond donors (Lipinski definition) is 0. The molecule has 1 aromatic carbocycles. The normalized spacial score (nSPS) is 18.8. The maximum Gasteiger partial charge on any atom is 0.246 e. The summed E-state index contributed by atoms with van der Waals surface area (Å²) in [4.78, 5) is 31.0. The van der Waals surface area contributed by atoms with E-state index in [4.69, 9.17) is 27.9 Å². The Labute approximate surface area is 188 Å². The quantitative estimate of drug-likeness (QED) is 0.469. The zero-order chi connectivity index (χ0) is 21.3. The van der Waals surface area contributed by atoms with Crippen molar-refractivity contribution in [1.82, 2.24) is 14.7 Å². The van der Waals surface area contributed by atoms with Crippen molar-refractivity contribution < 1.29 is 14.3 Å². The van der Waals surface area contributed by atoms with E-state index in [-0.39, 0.29) is 11.8 Å². The van der Waals surface area contributed by atoms with Gasteiger partial charge in [-0.1, -0.05) is 29.3 Å². The van der Waals surface area contributed by atoms with Crippen LogP contribution in [0.3, 0.4) is 0 Å². The predicted octanol–water partition coefficient (Wildman–Crippen LogP) is 3.18. The molecular formula is C22H29Cl2N3O3. The van der Waals surface area contributed by atoms with E-state index < -0.39 is 0 Å². The topological polar surface area (TPSA) is 53.1 Å². The van der Waals surface area contributed by atoms with Gasteiger partial charge >= 0.3 is 0 Å². The van der Waals surface area contributed by atoms with E-state index in [2.05, 4.69) is 4.90 Å². The van der Waals surface area contributed by atoms with Crippen molar-refractivity contribution in [3.8, 4) is 0 Å². The minimum Gasteiger partial charge on any atom is -0.379 e. The first-order chi connectivity index (χ1) is 14.5. The Balaban J connectivity index is 1.43. The summed E-state index contributed by atoms with van der Waals surface area (Å²) in [5, 5.41) is 0.937. The average Bonchev–Trinajstić information content (AvgIpc) is 2.94. The van der Waals surface area contributed by atoms with Crippen molar-refractivity contribution in [2.75, 3.05) is 59.0 Å². The van der Waals surface area contributed by atoms with Crippen LogP contribution in [-0.4, -0.2) is 85.5 Å². The van der Waals surface area contributed by atoms with Crippen molar-refractivity contribution in [2.45, 2.75) is 19.3 Å². The van der Waals surface area contributed by atoms with Crippen LogP contribution in [-0.2, 0) is 14.3 Å². The molecule has 0 unspecified atom stereocenters. The van der Waals surface area contributed by atoms with Gasteiger partial charge in [0.05, 0.1) is 23.3 Å². The number of unbranched alkanes of at least 4 members (excludes halogenated alkanes) is 1. The number of carbonyl (C=O) groups excluding carboxylic acids is 2. The minimum atomic E-state index is -0.0944. The van der Waals surface area contributed by atoms with Gasteiger partial charge in [-0.15, -0.1) is 0 Å². The molecule has 6 nitrogen and oxygen atoms in total. The predicted molar refractivity (Wildman–Crippen MR) is 120 cm³/mol. The summed E-state index contributed by atoms with van der Waals surface area (Å²) in [5.74, 6) is 0.0353. The van der Waals surface area contributed by atoms with Gasteiger partial charge in [-0.25, -0.2) is 0 Å². The van der Waals surface area contributed by atoms with Crippen molar-refractivity contribution in [3.63, 3.8) is 0 Å². The zero-order valence-corrected chi connectivity index (χ0v) is 18.7. The van der Waals surface area contributed by atoms with Gasteiger partial charge in [0.25, 0.3) is 0 Å². The molecular weight excluding hydrogens is 425 g/mol. The van der Waals surface area contributed by atoms with E-state index in [0.29, 0.717) is 36.1 Å². The van der Waals surface area contributed by atoms with Gasteiger partial charge in [0.1, 0.15) is 0 Å². The summed E-state index contributed by atoms with van der Waals surface area (Å²) in [7, 11) is 0. The summed E-state index contributed by atoms with van der Waals surface area (Å²) in [6.45, 7) is 7.02. The second-order valence-electron chi connectivity index (χ2n) is 7.62. The molecule has 2 aliphatic rings. The van der Waals surface area contributed by atoms with E-state index in [0.717, 1.165) is 57.8 Å². The van der Waals surface area contributed by atoms with Crippen LogP contribution in [0, 0.1) is 0 Å². The number of hydrogen-bond acceptors (Lipinski definition) is 4. The Kier molecular flexibility index (Phi) is 9.00. The lowest BCUT2D eigenvalue weighted by Crippen LogP contribution is -2.38. The molecule has 1 aromatic rings. The molecule has 0 radical (unpaired) electrons. The highest BCUT2D eigenvalue weighted by molar-refractivity contribution is 6.42. The largest absolute Gasteiger partial charge is 0.379 e. The Bertz CT molecular complexity index is 766. The molecule has 3 rings (SSSR count). The molecule has 0 N–H and O–H groups in total. The van der Waals surface area contributed by atoms with Crippen LogP contribution >= 0.6 is 23.2 Å². The fraction of sp³-hybridized carbons (Fsp3) is 0.545. The van der Waals surface area contributed by atoms with Crippen LogP contribution in [0.1, 0.15) is 24.8 Å². The third-order valence-corrected chi connectivity index (χ3v) is 6.26. The Hall–Kier alpha value is -1.60. The van der Waals surface area contributed by atoms with Crippen LogP contribution in [0.25, 0.3) is 6.08 Å². The highest BCUT2D eigenvalue weighted by Gasteiger charge is 2.22. The monoisotopic (exact) mass is 453 g/mol. The number of morpholine rings is 1. The zero-order valence-electron chi connectivity index (χ0n) is 17.2. The fourth-order valence-corrected chi connectivity index (χ4v) is 3.98. The lowest BCUT2D eigenvalue weighted by molar-refractivity contribution is -0.130. The molecule has 0 atom stereocenters. The van der Waals surface area contributed by atoms with Crippen molar-refractivity contribution in [1.29, 1.82) is 0 Å². The molecule has 2 heterocycles. The van der Waals surface area contributed by atoms with Crippen LogP contribution in [0.2, 0.25) is 10.0 Å². The van der Waals surface area contributed by atoms with E-state index >= 15 is 0 Å². The van der Waals surface area contributed by atoms with Gasteiger partial charge in [0.15, 0.2) is 0 Å². The van der Waals surface area contributed by atoms with E-state index in [9.17, 15) is 9.59 Å². The van der Waals surface area contributed by atoms with Crippen LogP contribution < -0.4 is 0 Å². The van der Waals surface area contributed by atoms with Gasteiger partial charge in [-0.05, 0) is 43.2 Å². The van der Waals surface area contributed by atoms with Gasteiger partial charge in [-0.2, -0.15) is 0 Å². The average molecular weight is 454 g/mol. The summed E-state index contributed by atoms with van der Waals surface area (Å²) in [5.41, 5.74) is 0.811. The molecule has 0 saturated carbocycles. The molecule has 2 fully saturated rings. The van der Waals surface area contributed by atoms with E-state index in [1.807, 2.05) is 11.0 Å². The smallest absolute Gasteiger partial charge is 0.246 e. The van der Waals surface area contributed by atoms with Crippen molar-refractivity contribution >= 4 is 41.1 Å². The first kappa shape index (κ1) is 23.1. The maximum absolute atomic E-state index is 12.6. The Morgan fingerprint density at radius 3 is 2.53 bits per heavy atom. The van der Waals surface area contributed by atoms with Crippen LogP contribution in [0.15, 0.2) is 24.3 Å².